The Morgan fingerprint density at radius 2 is 1.80 bits per heavy atom. The molecule has 1 amide bonds. The van der Waals surface area contributed by atoms with Crippen LogP contribution in [0.15, 0.2) is 60.7 Å². The van der Waals surface area contributed by atoms with Gasteiger partial charge in [0.05, 0.1) is 9.75 Å². The lowest BCUT2D eigenvalue weighted by molar-refractivity contribution is 0.103. The summed E-state index contributed by atoms with van der Waals surface area (Å²) >= 11 is 1.41. The summed E-state index contributed by atoms with van der Waals surface area (Å²) in [5.74, 6) is 6.19. The number of aryl methyl sites for hydroxylation is 1. The largest absolute Gasteiger partial charge is 0.370 e. The van der Waals surface area contributed by atoms with Crippen LogP contribution in [0.25, 0.3) is 0 Å². The molecule has 2 N–H and O–H groups in total. The van der Waals surface area contributed by atoms with E-state index >= 15 is 0 Å². The van der Waals surface area contributed by atoms with Crippen molar-refractivity contribution in [2.45, 2.75) is 19.4 Å². The van der Waals surface area contributed by atoms with Crippen molar-refractivity contribution in [2.24, 2.45) is 0 Å². The van der Waals surface area contributed by atoms with Crippen LogP contribution in [0.3, 0.4) is 0 Å². The molecule has 0 aliphatic carbocycles. The highest BCUT2D eigenvalue weighted by molar-refractivity contribution is 7.14. The zero-order valence-electron chi connectivity index (χ0n) is 17.2. The van der Waals surface area contributed by atoms with Crippen molar-refractivity contribution in [3.8, 4) is 11.8 Å². The molecule has 2 heterocycles. The molecule has 4 rings (SSSR count). The molecule has 0 bridgehead atoms. The zero-order chi connectivity index (χ0) is 20.9. The minimum atomic E-state index is -0.104. The molecule has 3 aromatic rings. The molecule has 0 saturated carbocycles. The van der Waals surface area contributed by atoms with Gasteiger partial charge in [-0.05, 0) is 68.9 Å². The molecule has 1 aliphatic rings. The molecule has 30 heavy (non-hydrogen) atoms. The molecule has 1 saturated heterocycles. The minimum Gasteiger partial charge on any atom is -0.370 e. The molecule has 1 fully saturated rings. The highest BCUT2D eigenvalue weighted by Gasteiger charge is 2.21. The van der Waals surface area contributed by atoms with E-state index < -0.39 is 0 Å². The van der Waals surface area contributed by atoms with Gasteiger partial charge < -0.3 is 15.5 Å². The Bertz CT molecular complexity index is 1070. The monoisotopic (exact) mass is 415 g/mol. The zero-order valence-corrected chi connectivity index (χ0v) is 18.1. The van der Waals surface area contributed by atoms with Gasteiger partial charge in [-0.25, -0.2) is 0 Å². The van der Waals surface area contributed by atoms with Crippen molar-refractivity contribution in [3.63, 3.8) is 0 Å². The van der Waals surface area contributed by atoms with E-state index in [0.717, 1.165) is 35.6 Å². The van der Waals surface area contributed by atoms with E-state index in [9.17, 15) is 4.79 Å². The van der Waals surface area contributed by atoms with Crippen LogP contribution in [0.4, 0.5) is 11.4 Å². The summed E-state index contributed by atoms with van der Waals surface area (Å²) in [7, 11) is 2.01. The molecule has 0 spiro atoms. The Hall–Kier alpha value is -3.07. The van der Waals surface area contributed by atoms with Crippen LogP contribution >= 0.6 is 11.3 Å². The van der Waals surface area contributed by atoms with Crippen molar-refractivity contribution in [2.75, 3.05) is 30.4 Å². The van der Waals surface area contributed by atoms with Crippen LogP contribution in [0.5, 0.6) is 0 Å². The molecular weight excluding hydrogens is 390 g/mol. The highest BCUT2D eigenvalue weighted by atomic mass is 32.1. The van der Waals surface area contributed by atoms with Crippen molar-refractivity contribution >= 4 is 28.6 Å². The lowest BCUT2D eigenvalue weighted by Crippen LogP contribution is -2.29. The SMILES string of the molecule is CNC1CCN(c2ccc(NC(=O)c3ccc(C#Cc4ccc(C)cc4)s3)cc2)C1. The molecule has 152 valence electrons. The first-order valence-electron chi connectivity index (χ1n) is 10.1. The van der Waals surface area contributed by atoms with Crippen molar-refractivity contribution < 1.29 is 4.79 Å². The van der Waals surface area contributed by atoms with E-state index in [-0.39, 0.29) is 5.91 Å². The maximum absolute atomic E-state index is 12.6. The second-order valence-electron chi connectivity index (χ2n) is 7.50. The lowest BCUT2D eigenvalue weighted by atomic mass is 10.1. The summed E-state index contributed by atoms with van der Waals surface area (Å²) in [6, 6.07) is 20.5. The van der Waals surface area contributed by atoms with Gasteiger partial charge in [0.1, 0.15) is 0 Å². The van der Waals surface area contributed by atoms with Gasteiger partial charge in [-0.15, -0.1) is 11.3 Å². The smallest absolute Gasteiger partial charge is 0.265 e. The van der Waals surface area contributed by atoms with Gasteiger partial charge in [0.2, 0.25) is 0 Å². The minimum absolute atomic E-state index is 0.104. The second-order valence-corrected chi connectivity index (χ2v) is 8.58. The van der Waals surface area contributed by atoms with E-state index in [1.165, 1.54) is 22.6 Å². The predicted octanol–water partition coefficient (Wildman–Crippen LogP) is 4.51. The Morgan fingerprint density at radius 1 is 1.03 bits per heavy atom. The third kappa shape index (κ3) is 4.91. The molecule has 0 radical (unpaired) electrons. The van der Waals surface area contributed by atoms with Gasteiger partial charge in [-0.2, -0.15) is 0 Å². The third-order valence-electron chi connectivity index (χ3n) is 5.30. The number of thiophene rings is 1. The molecule has 1 aliphatic heterocycles. The summed E-state index contributed by atoms with van der Waals surface area (Å²) in [5.41, 5.74) is 4.18. The Morgan fingerprint density at radius 3 is 2.50 bits per heavy atom. The molecule has 1 aromatic heterocycles. The van der Waals surface area contributed by atoms with E-state index in [1.54, 1.807) is 0 Å². The third-order valence-corrected chi connectivity index (χ3v) is 6.30. The summed E-state index contributed by atoms with van der Waals surface area (Å²) < 4.78 is 0. The molecule has 4 nitrogen and oxygen atoms in total. The second kappa shape index (κ2) is 9.17. The number of nitrogens with zero attached hydrogens (tertiary/aromatic N) is 1. The van der Waals surface area contributed by atoms with Crippen molar-refractivity contribution in [1.29, 1.82) is 0 Å². The van der Waals surface area contributed by atoms with Gasteiger partial charge in [-0.1, -0.05) is 29.5 Å². The standard InChI is InChI=1S/C25H25N3OS/c1-18-3-5-19(6-4-18)7-12-23-13-14-24(30-23)25(29)27-20-8-10-22(11-9-20)28-16-15-21(17-28)26-2/h3-6,8-11,13-14,21,26H,15-17H2,1-2H3,(H,27,29). The summed E-state index contributed by atoms with van der Waals surface area (Å²) in [5, 5.41) is 6.32. The number of anilines is 2. The van der Waals surface area contributed by atoms with Gasteiger partial charge in [-0.3, -0.25) is 4.79 Å². The number of likely N-dealkylation sites (N-methyl/N-ethyl adjacent to an activating group) is 1. The van der Waals surface area contributed by atoms with E-state index in [2.05, 4.69) is 46.4 Å². The van der Waals surface area contributed by atoms with E-state index in [0.29, 0.717) is 10.9 Å². The normalized spacial score (nSPS) is 15.5. The fourth-order valence-corrected chi connectivity index (χ4v) is 4.23. The fourth-order valence-electron chi connectivity index (χ4n) is 3.48. The lowest BCUT2D eigenvalue weighted by Gasteiger charge is -2.19. The van der Waals surface area contributed by atoms with Crippen molar-refractivity contribution in [3.05, 3.63) is 81.5 Å². The summed E-state index contributed by atoms with van der Waals surface area (Å²) in [6.45, 7) is 4.13. The molecular formula is C25H25N3OS. The number of benzene rings is 2. The van der Waals surface area contributed by atoms with Gasteiger partial charge in [0, 0.05) is 36.1 Å². The van der Waals surface area contributed by atoms with Crippen LogP contribution in [-0.2, 0) is 0 Å². The first kappa shape index (κ1) is 20.2. The molecule has 2 aromatic carbocycles. The van der Waals surface area contributed by atoms with Gasteiger partial charge >= 0.3 is 0 Å². The van der Waals surface area contributed by atoms with Crippen LogP contribution in [0.1, 0.15) is 32.1 Å². The van der Waals surface area contributed by atoms with Crippen LogP contribution in [0.2, 0.25) is 0 Å². The first-order chi connectivity index (χ1) is 14.6. The quantitative estimate of drug-likeness (QED) is 0.617. The van der Waals surface area contributed by atoms with Crippen LogP contribution in [0, 0.1) is 18.8 Å². The Kier molecular flexibility index (Phi) is 6.18. The number of nitrogens with one attached hydrogen (secondary N) is 2. The number of hydrogen-bond acceptors (Lipinski definition) is 4. The molecule has 1 atom stereocenters. The van der Waals surface area contributed by atoms with Crippen molar-refractivity contribution in [1.82, 2.24) is 5.32 Å². The average Bonchev–Trinajstić information content (AvgIpc) is 3.44. The topological polar surface area (TPSA) is 44.4 Å². The number of rotatable bonds is 4. The van der Waals surface area contributed by atoms with Crippen LogP contribution < -0.4 is 15.5 Å². The maximum Gasteiger partial charge on any atom is 0.265 e. The van der Waals surface area contributed by atoms with E-state index in [1.807, 2.05) is 55.6 Å². The predicted molar refractivity (Wildman–Crippen MR) is 126 cm³/mol. The Labute approximate surface area is 181 Å². The average molecular weight is 416 g/mol. The highest BCUT2D eigenvalue weighted by Crippen LogP contribution is 2.23. The molecule has 5 heteroatoms. The number of carbonyl (C=O) groups is 1. The first-order valence-corrected chi connectivity index (χ1v) is 10.9. The number of carbonyl (C=O) groups excluding carboxylic acids is 1. The maximum atomic E-state index is 12.6. The Balaban J connectivity index is 1.37. The van der Waals surface area contributed by atoms with Gasteiger partial charge in [0.15, 0.2) is 0 Å². The summed E-state index contributed by atoms with van der Waals surface area (Å²) in [4.78, 5) is 16.5. The van der Waals surface area contributed by atoms with Crippen LogP contribution in [-0.4, -0.2) is 32.1 Å². The summed E-state index contributed by atoms with van der Waals surface area (Å²) in [6.07, 6.45) is 1.16. The van der Waals surface area contributed by atoms with Gasteiger partial charge in [0.25, 0.3) is 5.91 Å². The van der Waals surface area contributed by atoms with E-state index in [4.69, 9.17) is 0 Å². The number of amides is 1. The molecule has 1 unspecified atom stereocenters. The number of hydrogen-bond donors (Lipinski definition) is 2. The fraction of sp³-hybridized carbons (Fsp3) is 0.240.